The smallest absolute Gasteiger partial charge is 0.216 e. The number of aromatic nitrogens is 3. The highest BCUT2D eigenvalue weighted by molar-refractivity contribution is 7.71. The number of hydrogen-bond donors (Lipinski definition) is 2. The minimum Gasteiger partial charge on any atom is -0.440 e. The molecule has 0 unspecified atom stereocenters. The normalized spacial score (nSPS) is 11.4. The van der Waals surface area contributed by atoms with Crippen molar-refractivity contribution in [1.29, 1.82) is 0 Å². The van der Waals surface area contributed by atoms with E-state index in [4.69, 9.17) is 22.4 Å². The maximum absolute atomic E-state index is 12.7. The van der Waals surface area contributed by atoms with Crippen LogP contribution in [0.2, 0.25) is 0 Å². The van der Waals surface area contributed by atoms with Crippen LogP contribution >= 0.6 is 12.2 Å². The monoisotopic (exact) mass is 363 g/mol. The van der Waals surface area contributed by atoms with Gasteiger partial charge in [0, 0.05) is 5.56 Å². The molecule has 2 aromatic heterocycles. The predicted octanol–water partition coefficient (Wildman–Crippen LogP) is 3.18. The van der Waals surface area contributed by atoms with Gasteiger partial charge in [-0.1, -0.05) is 42.5 Å². The molecule has 0 fully saturated rings. The van der Waals surface area contributed by atoms with Crippen LogP contribution in [0.3, 0.4) is 0 Å². The van der Waals surface area contributed by atoms with Gasteiger partial charge in [-0.25, -0.2) is 5.10 Å². The molecule has 0 bridgehead atoms. The predicted molar refractivity (Wildman–Crippen MR) is 103 cm³/mol. The van der Waals surface area contributed by atoms with E-state index in [2.05, 4.69) is 15.3 Å². The third-order valence-corrected chi connectivity index (χ3v) is 4.11. The molecule has 26 heavy (non-hydrogen) atoms. The van der Waals surface area contributed by atoms with Crippen LogP contribution in [0.1, 0.15) is 5.56 Å². The zero-order valence-electron chi connectivity index (χ0n) is 13.4. The van der Waals surface area contributed by atoms with E-state index >= 15 is 0 Å². The van der Waals surface area contributed by atoms with E-state index < -0.39 is 0 Å². The first kappa shape index (κ1) is 16.0. The maximum atomic E-state index is 12.7. The fourth-order valence-electron chi connectivity index (χ4n) is 2.58. The molecule has 4 aromatic rings. The van der Waals surface area contributed by atoms with Crippen LogP contribution in [0.4, 0.5) is 5.88 Å². The Labute approximate surface area is 152 Å². The molecule has 0 aliphatic carbocycles. The minimum absolute atomic E-state index is 0.00581. The summed E-state index contributed by atoms with van der Waals surface area (Å²) in [5.41, 5.74) is 7.05. The molecule has 3 N–H and O–H groups in total. The summed E-state index contributed by atoms with van der Waals surface area (Å²) in [5.74, 6) is 0.518. The third-order valence-electron chi connectivity index (χ3n) is 3.85. The van der Waals surface area contributed by atoms with Crippen molar-refractivity contribution < 1.29 is 4.42 Å². The molecule has 0 aliphatic rings. The number of nitrogens with zero attached hydrogens (tertiary/aromatic N) is 3. The average Bonchev–Trinajstić information content (AvgIpc) is 3.03. The summed E-state index contributed by atoms with van der Waals surface area (Å²) in [5, 5.41) is 11.6. The summed E-state index contributed by atoms with van der Waals surface area (Å²) in [7, 11) is 0. The summed E-state index contributed by atoms with van der Waals surface area (Å²) >= 11 is 5.23. The van der Waals surface area contributed by atoms with Crippen molar-refractivity contribution in [2.45, 2.75) is 0 Å². The van der Waals surface area contributed by atoms with Crippen LogP contribution in [0.25, 0.3) is 22.4 Å². The van der Waals surface area contributed by atoms with Gasteiger partial charge in [0.2, 0.25) is 16.1 Å². The Bertz CT molecular complexity index is 1240. The highest BCUT2D eigenvalue weighted by atomic mass is 32.1. The Hall–Kier alpha value is -3.52. The molecular weight excluding hydrogens is 350 g/mol. The summed E-state index contributed by atoms with van der Waals surface area (Å²) in [6.07, 6.45) is 1.34. The number of aromatic amines is 1. The molecule has 0 saturated heterocycles. The Morgan fingerprint density at radius 1 is 1.15 bits per heavy atom. The molecule has 2 heterocycles. The Morgan fingerprint density at radius 3 is 2.69 bits per heavy atom. The lowest BCUT2D eigenvalue weighted by Crippen LogP contribution is -2.12. The van der Waals surface area contributed by atoms with Crippen LogP contribution in [0.15, 0.2) is 68.9 Å². The zero-order chi connectivity index (χ0) is 18.1. The second-order valence-electron chi connectivity index (χ2n) is 5.48. The molecule has 0 saturated carbocycles. The van der Waals surface area contributed by atoms with Crippen molar-refractivity contribution in [2.75, 3.05) is 5.73 Å². The lowest BCUT2D eigenvalue weighted by molar-refractivity contribution is 0.624. The van der Waals surface area contributed by atoms with Crippen LogP contribution in [0.5, 0.6) is 0 Å². The van der Waals surface area contributed by atoms with Gasteiger partial charge in [-0.15, -0.1) is 0 Å². The zero-order valence-corrected chi connectivity index (χ0v) is 14.2. The van der Waals surface area contributed by atoms with Crippen LogP contribution in [-0.4, -0.2) is 21.1 Å². The standard InChI is InChI=1S/C18H13N5O2S/c19-16-13(15(24)12-8-4-5-9-14(12)25-16)10-20-23-17(21-22-18(23)26)11-6-2-1-3-7-11/h1-10H,19H2,(H,22,26)/b20-10+. The van der Waals surface area contributed by atoms with Gasteiger partial charge in [0.25, 0.3) is 0 Å². The molecule has 128 valence electrons. The number of fused-ring (bicyclic) bond motifs is 1. The molecule has 0 aliphatic heterocycles. The lowest BCUT2D eigenvalue weighted by Gasteiger charge is -2.03. The Balaban J connectivity index is 1.84. The maximum Gasteiger partial charge on any atom is 0.216 e. The number of anilines is 1. The van der Waals surface area contributed by atoms with E-state index in [9.17, 15) is 4.79 Å². The highest BCUT2D eigenvalue weighted by Crippen LogP contribution is 2.18. The van der Waals surface area contributed by atoms with E-state index in [1.54, 1.807) is 24.3 Å². The molecule has 0 radical (unpaired) electrons. The van der Waals surface area contributed by atoms with Gasteiger partial charge in [-0.3, -0.25) is 4.79 Å². The van der Waals surface area contributed by atoms with E-state index in [1.807, 2.05) is 30.3 Å². The van der Waals surface area contributed by atoms with E-state index in [0.29, 0.717) is 21.6 Å². The highest BCUT2D eigenvalue weighted by Gasteiger charge is 2.11. The van der Waals surface area contributed by atoms with Crippen molar-refractivity contribution >= 4 is 35.3 Å². The van der Waals surface area contributed by atoms with E-state index in [0.717, 1.165) is 5.56 Å². The molecule has 0 amide bonds. The number of nitrogen functional groups attached to an aromatic ring is 1. The Morgan fingerprint density at radius 2 is 1.88 bits per heavy atom. The number of hydrogen-bond acceptors (Lipinski definition) is 6. The topological polar surface area (TPSA) is 102 Å². The second-order valence-corrected chi connectivity index (χ2v) is 5.87. The van der Waals surface area contributed by atoms with Crippen LogP contribution in [0, 0.1) is 4.77 Å². The van der Waals surface area contributed by atoms with Crippen molar-refractivity contribution in [1.82, 2.24) is 14.9 Å². The quantitative estimate of drug-likeness (QED) is 0.430. The summed E-state index contributed by atoms with van der Waals surface area (Å²) in [6, 6.07) is 16.3. The summed E-state index contributed by atoms with van der Waals surface area (Å²) < 4.78 is 7.24. The van der Waals surface area contributed by atoms with Gasteiger partial charge in [0.1, 0.15) is 11.1 Å². The van der Waals surface area contributed by atoms with Gasteiger partial charge < -0.3 is 10.2 Å². The number of nitrogens with one attached hydrogen (secondary N) is 1. The number of nitrogens with two attached hydrogens (primary N) is 1. The SMILES string of the molecule is Nc1oc2ccccc2c(=O)c1/C=N/n1c(-c2ccccc2)n[nH]c1=S. The molecule has 8 heteroatoms. The Kier molecular flexibility index (Phi) is 3.94. The molecule has 4 rings (SSSR count). The van der Waals surface area contributed by atoms with Gasteiger partial charge in [-0.05, 0) is 24.4 Å². The molecule has 0 spiro atoms. The van der Waals surface area contributed by atoms with Crippen LogP contribution in [-0.2, 0) is 0 Å². The first-order chi connectivity index (χ1) is 12.6. The summed E-state index contributed by atoms with van der Waals surface area (Å²) in [4.78, 5) is 12.7. The van der Waals surface area contributed by atoms with Crippen molar-refractivity contribution in [3.05, 3.63) is 75.2 Å². The van der Waals surface area contributed by atoms with E-state index in [-0.39, 0.29) is 16.9 Å². The minimum atomic E-state index is -0.260. The number of benzene rings is 2. The largest absolute Gasteiger partial charge is 0.440 e. The second kappa shape index (κ2) is 6.41. The van der Waals surface area contributed by atoms with Crippen molar-refractivity contribution in [3.63, 3.8) is 0 Å². The number of rotatable bonds is 3. The number of para-hydroxylation sites is 1. The molecule has 2 aromatic carbocycles. The molecular formula is C18H13N5O2S. The van der Waals surface area contributed by atoms with E-state index in [1.165, 1.54) is 10.9 Å². The molecule has 7 nitrogen and oxygen atoms in total. The fourth-order valence-corrected chi connectivity index (χ4v) is 2.76. The average molecular weight is 363 g/mol. The molecule has 0 atom stereocenters. The van der Waals surface area contributed by atoms with Crippen molar-refractivity contribution in [3.8, 4) is 11.4 Å². The first-order valence-corrected chi connectivity index (χ1v) is 8.14. The number of H-pyrrole nitrogens is 1. The van der Waals surface area contributed by atoms with Gasteiger partial charge in [0.05, 0.1) is 11.6 Å². The first-order valence-electron chi connectivity index (χ1n) is 7.73. The third kappa shape index (κ3) is 2.72. The lowest BCUT2D eigenvalue weighted by atomic mass is 10.2. The van der Waals surface area contributed by atoms with Gasteiger partial charge >= 0.3 is 0 Å². The summed E-state index contributed by atoms with van der Waals surface area (Å²) in [6.45, 7) is 0. The van der Waals surface area contributed by atoms with Crippen LogP contribution < -0.4 is 11.2 Å². The van der Waals surface area contributed by atoms with Crippen molar-refractivity contribution in [2.24, 2.45) is 5.10 Å². The van der Waals surface area contributed by atoms with Gasteiger partial charge in [-0.2, -0.15) is 14.9 Å². The fraction of sp³-hybridized carbons (Fsp3) is 0. The van der Waals surface area contributed by atoms with Gasteiger partial charge in [0.15, 0.2) is 5.82 Å².